The molecule has 154 valence electrons. The lowest BCUT2D eigenvalue weighted by Crippen LogP contribution is -2.49. The molecule has 2 aliphatic rings. The summed E-state index contributed by atoms with van der Waals surface area (Å²) < 4.78 is 5.89. The summed E-state index contributed by atoms with van der Waals surface area (Å²) >= 11 is 6.20. The first-order valence-corrected chi connectivity index (χ1v) is 10.4. The van der Waals surface area contributed by atoms with Crippen molar-refractivity contribution < 1.29 is 14.6 Å². The van der Waals surface area contributed by atoms with Crippen LogP contribution in [-0.4, -0.2) is 61.3 Å². The molecule has 1 saturated heterocycles. The van der Waals surface area contributed by atoms with E-state index in [9.17, 15) is 9.90 Å². The summed E-state index contributed by atoms with van der Waals surface area (Å²) in [4.78, 5) is 16.3. The topological polar surface area (TPSA) is 65.0 Å². The number of aliphatic hydroxyl groups excluding tert-OH is 1. The van der Waals surface area contributed by atoms with E-state index < -0.39 is 6.10 Å². The highest BCUT2D eigenvalue weighted by molar-refractivity contribution is 6.34. The molecule has 4 rings (SSSR count). The predicted molar refractivity (Wildman–Crippen MR) is 115 cm³/mol. The van der Waals surface area contributed by atoms with E-state index in [1.165, 1.54) is 5.69 Å². The molecule has 29 heavy (non-hydrogen) atoms. The van der Waals surface area contributed by atoms with Gasteiger partial charge in [0.1, 0.15) is 18.5 Å². The summed E-state index contributed by atoms with van der Waals surface area (Å²) in [5, 5.41) is 13.8. The smallest absolute Gasteiger partial charge is 0.224 e. The number of halogens is 1. The first-order chi connectivity index (χ1) is 14.1. The van der Waals surface area contributed by atoms with Crippen LogP contribution in [0.4, 0.5) is 11.4 Å². The number of para-hydroxylation sites is 1. The number of hydrogen-bond acceptors (Lipinski definition) is 5. The van der Waals surface area contributed by atoms with E-state index >= 15 is 0 Å². The van der Waals surface area contributed by atoms with E-state index in [1.807, 2.05) is 12.1 Å². The number of carbonyl (C=O) groups is 1. The number of aliphatic hydroxyl groups is 1. The highest BCUT2D eigenvalue weighted by Gasteiger charge is 2.23. The van der Waals surface area contributed by atoms with Crippen molar-refractivity contribution in [3.63, 3.8) is 0 Å². The molecule has 0 aromatic heterocycles. The molecule has 6 nitrogen and oxygen atoms in total. The maximum Gasteiger partial charge on any atom is 0.224 e. The lowest BCUT2D eigenvalue weighted by molar-refractivity contribution is -0.116. The Kier molecular flexibility index (Phi) is 6.23. The van der Waals surface area contributed by atoms with Gasteiger partial charge in [0.25, 0.3) is 0 Å². The third kappa shape index (κ3) is 4.83. The minimum atomic E-state index is -0.581. The van der Waals surface area contributed by atoms with E-state index in [0.717, 1.165) is 31.7 Å². The van der Waals surface area contributed by atoms with Crippen molar-refractivity contribution in [2.45, 2.75) is 18.9 Å². The molecule has 7 heteroatoms. The third-order valence-electron chi connectivity index (χ3n) is 5.48. The summed E-state index contributed by atoms with van der Waals surface area (Å²) in [6, 6.07) is 13.9. The van der Waals surface area contributed by atoms with E-state index in [0.29, 0.717) is 35.8 Å². The van der Waals surface area contributed by atoms with Gasteiger partial charge in [-0.2, -0.15) is 0 Å². The Morgan fingerprint density at radius 2 is 1.83 bits per heavy atom. The minimum Gasteiger partial charge on any atom is -0.490 e. The van der Waals surface area contributed by atoms with Crippen molar-refractivity contribution in [1.29, 1.82) is 0 Å². The number of β-amino-alcohol motifs (C(OH)–C–C–N with tert-alkyl or cyclic N) is 1. The van der Waals surface area contributed by atoms with Gasteiger partial charge >= 0.3 is 0 Å². The van der Waals surface area contributed by atoms with E-state index in [-0.39, 0.29) is 12.5 Å². The van der Waals surface area contributed by atoms with Crippen LogP contribution < -0.4 is 15.0 Å². The van der Waals surface area contributed by atoms with Gasteiger partial charge in [-0.3, -0.25) is 9.69 Å². The fourth-order valence-corrected chi connectivity index (χ4v) is 4.15. The van der Waals surface area contributed by atoms with E-state index in [1.54, 1.807) is 6.07 Å². The number of carbonyl (C=O) groups excluding carboxylic acids is 1. The summed E-state index contributed by atoms with van der Waals surface area (Å²) in [5.41, 5.74) is 2.78. The molecule has 0 bridgehead atoms. The van der Waals surface area contributed by atoms with Crippen LogP contribution in [0.1, 0.15) is 12.0 Å². The summed E-state index contributed by atoms with van der Waals surface area (Å²) in [6.45, 7) is 4.50. The maximum absolute atomic E-state index is 11.6. The first kappa shape index (κ1) is 20.0. The van der Waals surface area contributed by atoms with Crippen molar-refractivity contribution in [3.8, 4) is 5.75 Å². The lowest BCUT2D eigenvalue weighted by Gasteiger charge is -2.36. The van der Waals surface area contributed by atoms with Crippen molar-refractivity contribution >= 4 is 28.9 Å². The number of piperazine rings is 1. The molecule has 2 aromatic carbocycles. The van der Waals surface area contributed by atoms with Gasteiger partial charge in [0.05, 0.1) is 10.7 Å². The van der Waals surface area contributed by atoms with Gasteiger partial charge in [-0.05, 0) is 30.7 Å². The zero-order valence-corrected chi connectivity index (χ0v) is 17.1. The van der Waals surface area contributed by atoms with E-state index in [4.69, 9.17) is 16.3 Å². The summed E-state index contributed by atoms with van der Waals surface area (Å²) in [7, 11) is 0. The van der Waals surface area contributed by atoms with Crippen LogP contribution in [0.15, 0.2) is 42.5 Å². The Labute approximate surface area is 176 Å². The molecule has 1 atom stereocenters. The van der Waals surface area contributed by atoms with Gasteiger partial charge in [0.15, 0.2) is 0 Å². The number of hydrogen-bond donors (Lipinski definition) is 2. The Hall–Kier alpha value is -2.28. The monoisotopic (exact) mass is 415 g/mol. The quantitative estimate of drug-likeness (QED) is 0.759. The Morgan fingerprint density at radius 1 is 1.07 bits per heavy atom. The maximum atomic E-state index is 11.6. The standard InChI is InChI=1S/C22H26ClN3O3/c23-19-7-8-20(18-6-9-21(28)24-22(18)19)29-15-17(27)14-25-10-12-26(13-11-25)16-4-2-1-3-5-16/h1-5,7-8,17,27H,6,9-15H2,(H,24,28). The molecule has 1 fully saturated rings. The number of fused-ring (bicyclic) bond motifs is 1. The Bertz CT molecular complexity index is 854. The number of ether oxygens (including phenoxy) is 1. The fourth-order valence-electron chi connectivity index (χ4n) is 3.92. The molecule has 1 amide bonds. The van der Waals surface area contributed by atoms with Crippen molar-refractivity contribution in [2.75, 3.05) is 49.5 Å². The Morgan fingerprint density at radius 3 is 2.59 bits per heavy atom. The largest absolute Gasteiger partial charge is 0.490 e. The number of nitrogens with one attached hydrogen (secondary N) is 1. The summed E-state index contributed by atoms with van der Waals surface area (Å²) in [6.07, 6.45) is 0.426. The van der Waals surface area contributed by atoms with Gasteiger partial charge in [0.2, 0.25) is 5.91 Å². The molecule has 1 unspecified atom stereocenters. The zero-order valence-electron chi connectivity index (χ0n) is 16.3. The zero-order chi connectivity index (χ0) is 20.2. The van der Waals surface area contributed by atoms with Gasteiger partial charge in [-0.1, -0.05) is 29.8 Å². The van der Waals surface area contributed by atoms with Crippen molar-refractivity contribution in [1.82, 2.24) is 4.90 Å². The number of benzene rings is 2. The Balaban J connectivity index is 1.28. The molecule has 2 aliphatic heterocycles. The van der Waals surface area contributed by atoms with Gasteiger partial charge in [-0.25, -0.2) is 0 Å². The van der Waals surface area contributed by atoms with Crippen LogP contribution in [0, 0.1) is 0 Å². The molecule has 2 heterocycles. The van der Waals surface area contributed by atoms with Gasteiger partial charge < -0.3 is 20.1 Å². The average molecular weight is 416 g/mol. The summed E-state index contributed by atoms with van der Waals surface area (Å²) in [5.74, 6) is 0.642. The molecule has 2 N–H and O–H groups in total. The van der Waals surface area contributed by atoms with Gasteiger partial charge in [0, 0.05) is 50.4 Å². The average Bonchev–Trinajstić information content (AvgIpc) is 2.75. The van der Waals surface area contributed by atoms with Crippen LogP contribution in [0.25, 0.3) is 0 Å². The van der Waals surface area contributed by atoms with Crippen LogP contribution >= 0.6 is 11.6 Å². The van der Waals surface area contributed by atoms with Crippen LogP contribution in [0.2, 0.25) is 5.02 Å². The van der Waals surface area contributed by atoms with Crippen molar-refractivity contribution in [3.05, 3.63) is 53.1 Å². The number of rotatable bonds is 6. The predicted octanol–water partition coefficient (Wildman–Crippen LogP) is 2.79. The second-order valence-electron chi connectivity index (χ2n) is 7.54. The second kappa shape index (κ2) is 9.03. The molecular weight excluding hydrogens is 390 g/mol. The highest BCUT2D eigenvalue weighted by atomic mass is 35.5. The minimum absolute atomic E-state index is 0.0359. The number of nitrogens with zero attached hydrogens (tertiary/aromatic N) is 2. The van der Waals surface area contributed by atoms with Crippen LogP contribution in [-0.2, 0) is 11.2 Å². The fraction of sp³-hybridized carbons (Fsp3) is 0.409. The molecule has 0 saturated carbocycles. The highest BCUT2D eigenvalue weighted by Crippen LogP contribution is 2.37. The van der Waals surface area contributed by atoms with Crippen LogP contribution in [0.3, 0.4) is 0 Å². The molecule has 0 radical (unpaired) electrons. The first-order valence-electron chi connectivity index (χ1n) is 10.0. The SMILES string of the molecule is O=C1CCc2c(OCC(O)CN3CCN(c4ccccc4)CC3)ccc(Cl)c2N1. The van der Waals surface area contributed by atoms with E-state index in [2.05, 4.69) is 39.4 Å². The molecule has 0 aliphatic carbocycles. The number of anilines is 2. The van der Waals surface area contributed by atoms with Crippen LogP contribution in [0.5, 0.6) is 5.75 Å². The molecule has 0 spiro atoms. The van der Waals surface area contributed by atoms with Gasteiger partial charge in [-0.15, -0.1) is 0 Å². The molecule has 2 aromatic rings. The molecular formula is C22H26ClN3O3. The normalized spacial score (nSPS) is 18.1. The second-order valence-corrected chi connectivity index (χ2v) is 7.94. The number of amides is 1. The lowest BCUT2D eigenvalue weighted by atomic mass is 10.0. The van der Waals surface area contributed by atoms with Crippen molar-refractivity contribution in [2.24, 2.45) is 0 Å². The third-order valence-corrected chi connectivity index (χ3v) is 5.79.